The van der Waals surface area contributed by atoms with Crippen LogP contribution in [0.15, 0.2) is 42.7 Å². The van der Waals surface area contributed by atoms with Crippen molar-refractivity contribution in [3.05, 3.63) is 54.1 Å². The first kappa shape index (κ1) is 12.5. The number of aromatic amines is 1. The molecule has 0 radical (unpaired) electrons. The smallest absolute Gasteiger partial charge is 0.125 e. The van der Waals surface area contributed by atoms with Gasteiger partial charge in [0.25, 0.3) is 0 Å². The van der Waals surface area contributed by atoms with E-state index in [4.69, 9.17) is 0 Å². The van der Waals surface area contributed by atoms with Crippen molar-refractivity contribution in [3.63, 3.8) is 0 Å². The van der Waals surface area contributed by atoms with Crippen LogP contribution in [0.25, 0.3) is 22.5 Å². The van der Waals surface area contributed by atoms with Gasteiger partial charge in [-0.3, -0.25) is 5.10 Å². The van der Waals surface area contributed by atoms with Gasteiger partial charge in [-0.15, -0.1) is 0 Å². The normalized spacial score (nSPS) is 10.7. The van der Waals surface area contributed by atoms with E-state index >= 15 is 0 Å². The first-order valence-electron chi connectivity index (χ1n) is 6.70. The van der Waals surface area contributed by atoms with Gasteiger partial charge in [0.15, 0.2) is 0 Å². The van der Waals surface area contributed by atoms with E-state index in [1.807, 2.05) is 25.3 Å². The lowest BCUT2D eigenvalue weighted by Gasteiger charge is -2.09. The van der Waals surface area contributed by atoms with Crippen molar-refractivity contribution in [1.82, 2.24) is 20.2 Å². The quantitative estimate of drug-likeness (QED) is 0.788. The molecule has 3 aromatic rings. The molecule has 3 rings (SSSR count). The first-order valence-corrected chi connectivity index (χ1v) is 6.70. The number of benzene rings is 1. The van der Waals surface area contributed by atoms with Gasteiger partial charge in [0, 0.05) is 23.5 Å². The Morgan fingerprint density at radius 2 is 2.00 bits per heavy atom. The first-order chi connectivity index (χ1) is 9.78. The van der Waals surface area contributed by atoms with Crippen LogP contribution >= 0.6 is 0 Å². The summed E-state index contributed by atoms with van der Waals surface area (Å²) in [5, 5.41) is 6.99. The molecule has 20 heavy (non-hydrogen) atoms. The second-order valence-electron chi connectivity index (χ2n) is 4.70. The summed E-state index contributed by atoms with van der Waals surface area (Å²) in [7, 11) is 0. The number of nitrogens with one attached hydrogen (secondary N) is 1. The minimum absolute atomic E-state index is 0.796. The molecule has 0 amide bonds. The molecular formula is C16H16N4. The number of nitrogens with zero attached hydrogens (tertiary/aromatic N) is 3. The van der Waals surface area contributed by atoms with Gasteiger partial charge in [-0.05, 0) is 31.0 Å². The highest BCUT2D eigenvalue weighted by atomic mass is 15.1. The summed E-state index contributed by atoms with van der Waals surface area (Å²) in [6.07, 6.45) is 4.60. The van der Waals surface area contributed by atoms with Crippen molar-refractivity contribution in [2.24, 2.45) is 0 Å². The van der Waals surface area contributed by atoms with Crippen molar-refractivity contribution < 1.29 is 0 Å². The lowest BCUT2D eigenvalue weighted by Crippen LogP contribution is -1.97. The zero-order valence-electron chi connectivity index (χ0n) is 11.6. The zero-order chi connectivity index (χ0) is 13.9. The standard InChI is InChI=1S/C16H16N4/c1-3-12-10-17-11(2)19-16(12)14-6-4-5-13(9-14)15-7-8-18-20-15/h4-10H,3H2,1-2H3,(H,18,20). The average molecular weight is 264 g/mol. The lowest BCUT2D eigenvalue weighted by molar-refractivity contribution is 0.996. The third-order valence-electron chi connectivity index (χ3n) is 3.31. The van der Waals surface area contributed by atoms with Crippen LogP contribution in [-0.4, -0.2) is 20.2 Å². The molecule has 0 aliphatic carbocycles. The Morgan fingerprint density at radius 1 is 1.15 bits per heavy atom. The van der Waals surface area contributed by atoms with Crippen molar-refractivity contribution in [3.8, 4) is 22.5 Å². The van der Waals surface area contributed by atoms with Crippen molar-refractivity contribution in [2.45, 2.75) is 20.3 Å². The highest BCUT2D eigenvalue weighted by Gasteiger charge is 2.08. The predicted molar refractivity (Wildman–Crippen MR) is 79.2 cm³/mol. The molecule has 100 valence electrons. The Morgan fingerprint density at radius 3 is 2.75 bits per heavy atom. The van der Waals surface area contributed by atoms with Crippen molar-refractivity contribution in [2.75, 3.05) is 0 Å². The van der Waals surface area contributed by atoms with Crippen LogP contribution in [0.3, 0.4) is 0 Å². The molecule has 1 N–H and O–H groups in total. The maximum absolute atomic E-state index is 4.60. The molecule has 0 saturated heterocycles. The molecule has 2 aromatic heterocycles. The molecule has 0 spiro atoms. The highest BCUT2D eigenvalue weighted by Crippen LogP contribution is 2.26. The van der Waals surface area contributed by atoms with E-state index in [0.29, 0.717) is 0 Å². The molecule has 1 aromatic carbocycles. The zero-order valence-corrected chi connectivity index (χ0v) is 11.6. The number of aromatic nitrogens is 4. The minimum Gasteiger partial charge on any atom is -0.278 e. The molecule has 0 aliphatic heterocycles. The molecule has 0 atom stereocenters. The van der Waals surface area contributed by atoms with Crippen LogP contribution in [0.1, 0.15) is 18.3 Å². The SMILES string of the molecule is CCc1cnc(C)nc1-c1cccc(-c2ccn[nH]2)c1. The minimum atomic E-state index is 0.796. The van der Waals surface area contributed by atoms with Gasteiger partial charge in [-0.1, -0.05) is 25.1 Å². The van der Waals surface area contributed by atoms with E-state index in [1.54, 1.807) is 6.20 Å². The van der Waals surface area contributed by atoms with Crippen LogP contribution in [0.2, 0.25) is 0 Å². The fourth-order valence-corrected chi connectivity index (χ4v) is 2.25. The van der Waals surface area contributed by atoms with E-state index in [0.717, 1.165) is 40.3 Å². The summed E-state index contributed by atoms with van der Waals surface area (Å²) in [5.74, 6) is 0.796. The average Bonchev–Trinajstić information content (AvgIpc) is 3.01. The van der Waals surface area contributed by atoms with Crippen LogP contribution in [-0.2, 0) is 6.42 Å². The van der Waals surface area contributed by atoms with Gasteiger partial charge in [-0.2, -0.15) is 5.10 Å². The third kappa shape index (κ3) is 2.32. The summed E-state index contributed by atoms with van der Waals surface area (Å²) in [6.45, 7) is 4.04. The number of hydrogen-bond donors (Lipinski definition) is 1. The Kier molecular flexibility index (Phi) is 3.29. The van der Waals surface area contributed by atoms with Crippen LogP contribution in [0.5, 0.6) is 0 Å². The highest BCUT2D eigenvalue weighted by molar-refractivity contribution is 5.70. The van der Waals surface area contributed by atoms with Gasteiger partial charge >= 0.3 is 0 Å². The van der Waals surface area contributed by atoms with Crippen LogP contribution in [0, 0.1) is 6.92 Å². The monoisotopic (exact) mass is 264 g/mol. The van der Waals surface area contributed by atoms with E-state index in [2.05, 4.69) is 45.3 Å². The molecule has 0 fully saturated rings. The van der Waals surface area contributed by atoms with Gasteiger partial charge in [0.1, 0.15) is 5.82 Å². The van der Waals surface area contributed by atoms with Gasteiger partial charge in [0.2, 0.25) is 0 Å². The Hall–Kier alpha value is -2.49. The van der Waals surface area contributed by atoms with Gasteiger partial charge in [0.05, 0.1) is 11.4 Å². The largest absolute Gasteiger partial charge is 0.278 e. The number of H-pyrrole nitrogens is 1. The van der Waals surface area contributed by atoms with E-state index < -0.39 is 0 Å². The molecule has 2 heterocycles. The number of rotatable bonds is 3. The Balaban J connectivity index is 2.11. The molecule has 0 saturated carbocycles. The molecule has 4 heteroatoms. The Bertz CT molecular complexity index is 717. The summed E-state index contributed by atoms with van der Waals surface area (Å²) in [4.78, 5) is 8.88. The summed E-state index contributed by atoms with van der Waals surface area (Å²) < 4.78 is 0. The molecule has 4 nitrogen and oxygen atoms in total. The number of hydrogen-bond acceptors (Lipinski definition) is 3. The summed E-state index contributed by atoms with van der Waals surface area (Å²) in [6, 6.07) is 10.3. The molecule has 0 bridgehead atoms. The maximum atomic E-state index is 4.60. The molecule has 0 unspecified atom stereocenters. The van der Waals surface area contributed by atoms with Gasteiger partial charge < -0.3 is 0 Å². The lowest BCUT2D eigenvalue weighted by atomic mass is 10.0. The van der Waals surface area contributed by atoms with E-state index in [1.165, 1.54) is 0 Å². The fraction of sp³-hybridized carbons (Fsp3) is 0.188. The second-order valence-corrected chi connectivity index (χ2v) is 4.70. The second kappa shape index (κ2) is 5.25. The molecule has 0 aliphatic rings. The van der Waals surface area contributed by atoms with Crippen molar-refractivity contribution in [1.29, 1.82) is 0 Å². The topological polar surface area (TPSA) is 54.5 Å². The van der Waals surface area contributed by atoms with Gasteiger partial charge in [-0.25, -0.2) is 9.97 Å². The predicted octanol–water partition coefficient (Wildman–Crippen LogP) is 3.40. The van der Waals surface area contributed by atoms with E-state index in [-0.39, 0.29) is 0 Å². The Labute approximate surface area is 117 Å². The van der Waals surface area contributed by atoms with Crippen molar-refractivity contribution >= 4 is 0 Å². The third-order valence-corrected chi connectivity index (χ3v) is 3.31. The number of aryl methyl sites for hydroxylation is 2. The summed E-state index contributed by atoms with van der Waals surface area (Å²) in [5.41, 5.74) is 5.41. The summed E-state index contributed by atoms with van der Waals surface area (Å²) >= 11 is 0. The molecular weight excluding hydrogens is 248 g/mol. The fourth-order valence-electron chi connectivity index (χ4n) is 2.25. The maximum Gasteiger partial charge on any atom is 0.125 e. The van der Waals surface area contributed by atoms with Crippen LogP contribution in [0.4, 0.5) is 0 Å². The van der Waals surface area contributed by atoms with Crippen LogP contribution < -0.4 is 0 Å². The van der Waals surface area contributed by atoms with E-state index in [9.17, 15) is 0 Å².